The van der Waals surface area contributed by atoms with E-state index in [-0.39, 0.29) is 18.8 Å². The number of halogens is 4. The molecule has 0 bridgehead atoms. The lowest BCUT2D eigenvalue weighted by Gasteiger charge is -2.39. The van der Waals surface area contributed by atoms with Crippen LogP contribution >= 0.6 is 50.7 Å². The van der Waals surface area contributed by atoms with Gasteiger partial charge in [-0.25, -0.2) is 0 Å². The van der Waals surface area contributed by atoms with Crippen molar-refractivity contribution in [3.63, 3.8) is 0 Å². The maximum atomic E-state index is 6.54. The van der Waals surface area contributed by atoms with Crippen LogP contribution in [0.1, 0.15) is 29.5 Å². The average Bonchev–Trinajstić information content (AvgIpc) is 3.26. The van der Waals surface area contributed by atoms with Crippen LogP contribution in [0.2, 0.25) is 15.1 Å². The molecular formula is C19H13BrCl3NO2. The van der Waals surface area contributed by atoms with Gasteiger partial charge in [0.15, 0.2) is 11.5 Å². The molecular weight excluding hydrogens is 460 g/mol. The van der Waals surface area contributed by atoms with Gasteiger partial charge in [-0.15, -0.1) is 0 Å². The standard InChI is InChI=1S/C19H13BrCl3NO2/c20-11-5-15-14(25-7-26-15)4-10(11)18-9-3-1-2-8(9)16-17(23)12(21)6-13(22)19(16)24-18/h1-2,4-6,8-9,18,24H,3,7H2/t8-,9+,18-/m1/s1. The normalized spacial score (nSPS) is 25.0. The second-order valence-electron chi connectivity index (χ2n) is 6.65. The lowest BCUT2D eigenvalue weighted by molar-refractivity contribution is 0.174. The summed E-state index contributed by atoms with van der Waals surface area (Å²) in [4.78, 5) is 0. The van der Waals surface area contributed by atoms with Crippen LogP contribution in [-0.2, 0) is 0 Å². The van der Waals surface area contributed by atoms with Crippen molar-refractivity contribution >= 4 is 56.4 Å². The highest BCUT2D eigenvalue weighted by Gasteiger charge is 2.41. The second-order valence-corrected chi connectivity index (χ2v) is 8.69. The fourth-order valence-electron chi connectivity index (χ4n) is 4.14. The van der Waals surface area contributed by atoms with Crippen LogP contribution in [-0.4, -0.2) is 6.79 Å². The van der Waals surface area contributed by atoms with Crippen molar-refractivity contribution in [3.8, 4) is 11.5 Å². The molecule has 26 heavy (non-hydrogen) atoms. The highest BCUT2D eigenvalue weighted by molar-refractivity contribution is 9.10. The number of nitrogens with one attached hydrogen (secondary N) is 1. The lowest BCUT2D eigenvalue weighted by Crippen LogP contribution is -2.29. The monoisotopic (exact) mass is 471 g/mol. The van der Waals surface area contributed by atoms with E-state index < -0.39 is 0 Å². The number of hydrogen-bond donors (Lipinski definition) is 1. The molecule has 2 aromatic carbocycles. The third kappa shape index (κ3) is 2.46. The zero-order valence-electron chi connectivity index (χ0n) is 13.4. The van der Waals surface area contributed by atoms with Gasteiger partial charge in [0.25, 0.3) is 0 Å². The predicted molar refractivity (Wildman–Crippen MR) is 108 cm³/mol. The van der Waals surface area contributed by atoms with Gasteiger partial charge in [0, 0.05) is 16.0 Å². The van der Waals surface area contributed by atoms with Crippen LogP contribution in [0.4, 0.5) is 5.69 Å². The van der Waals surface area contributed by atoms with E-state index in [4.69, 9.17) is 44.3 Å². The molecule has 3 nitrogen and oxygen atoms in total. The Kier molecular flexibility index (Phi) is 4.09. The summed E-state index contributed by atoms with van der Waals surface area (Å²) in [6.45, 7) is 0.250. The zero-order valence-corrected chi connectivity index (χ0v) is 17.2. The van der Waals surface area contributed by atoms with Crippen molar-refractivity contribution < 1.29 is 9.47 Å². The van der Waals surface area contributed by atoms with Crippen LogP contribution in [0, 0.1) is 5.92 Å². The average molecular weight is 474 g/mol. The Morgan fingerprint density at radius 3 is 2.62 bits per heavy atom. The molecule has 134 valence electrons. The Morgan fingerprint density at radius 2 is 1.81 bits per heavy atom. The summed E-state index contributed by atoms with van der Waals surface area (Å²) in [5.41, 5.74) is 2.94. The van der Waals surface area contributed by atoms with Crippen molar-refractivity contribution in [2.45, 2.75) is 18.4 Å². The van der Waals surface area contributed by atoms with Gasteiger partial charge in [0.1, 0.15) is 0 Å². The van der Waals surface area contributed by atoms with E-state index in [1.165, 1.54) is 0 Å². The highest BCUT2D eigenvalue weighted by atomic mass is 79.9. The molecule has 1 N–H and O–H groups in total. The van der Waals surface area contributed by atoms with Crippen LogP contribution in [0.15, 0.2) is 34.8 Å². The maximum Gasteiger partial charge on any atom is 0.231 e. The summed E-state index contributed by atoms with van der Waals surface area (Å²) >= 11 is 23.0. The van der Waals surface area contributed by atoms with E-state index >= 15 is 0 Å². The van der Waals surface area contributed by atoms with E-state index in [1.54, 1.807) is 6.07 Å². The van der Waals surface area contributed by atoms with Crippen LogP contribution in [0.25, 0.3) is 0 Å². The van der Waals surface area contributed by atoms with Crippen molar-refractivity contribution in [3.05, 3.63) is 61.0 Å². The lowest BCUT2D eigenvalue weighted by atomic mass is 9.77. The van der Waals surface area contributed by atoms with E-state index in [0.29, 0.717) is 21.0 Å². The summed E-state index contributed by atoms with van der Waals surface area (Å²) in [5.74, 6) is 1.99. The fourth-order valence-corrected chi connectivity index (χ4v) is 5.52. The molecule has 0 saturated heterocycles. The highest BCUT2D eigenvalue weighted by Crippen LogP contribution is 2.56. The van der Waals surface area contributed by atoms with Crippen LogP contribution < -0.4 is 14.8 Å². The van der Waals surface area contributed by atoms with Crippen LogP contribution in [0.5, 0.6) is 11.5 Å². The minimum atomic E-state index is 0.0566. The summed E-state index contributed by atoms with van der Waals surface area (Å²) in [6.07, 6.45) is 5.35. The molecule has 3 atom stereocenters. The Morgan fingerprint density at radius 1 is 1.04 bits per heavy atom. The minimum Gasteiger partial charge on any atom is -0.454 e. The number of allylic oxidation sites excluding steroid dienone is 2. The molecule has 7 heteroatoms. The van der Waals surface area contributed by atoms with Crippen molar-refractivity contribution in [2.24, 2.45) is 5.92 Å². The topological polar surface area (TPSA) is 30.5 Å². The third-order valence-corrected chi connectivity index (χ3v) is 7.10. The Hall–Kier alpha value is -1.07. The van der Waals surface area contributed by atoms with Gasteiger partial charge < -0.3 is 14.8 Å². The molecule has 0 aromatic heterocycles. The molecule has 2 aromatic rings. The Bertz CT molecular complexity index is 963. The number of fused-ring (bicyclic) bond motifs is 4. The summed E-state index contributed by atoms with van der Waals surface area (Å²) in [5, 5.41) is 5.25. The number of benzene rings is 2. The summed E-state index contributed by atoms with van der Waals surface area (Å²) in [7, 11) is 0. The first-order chi connectivity index (χ1) is 12.5. The number of anilines is 1. The molecule has 0 saturated carbocycles. The van der Waals surface area contributed by atoms with E-state index in [1.807, 2.05) is 12.1 Å². The fraction of sp³-hybridized carbons (Fsp3) is 0.263. The maximum absolute atomic E-state index is 6.54. The van der Waals surface area contributed by atoms with E-state index in [0.717, 1.165) is 39.2 Å². The molecule has 2 heterocycles. The zero-order chi connectivity index (χ0) is 18.0. The third-order valence-electron chi connectivity index (χ3n) is 5.31. The first-order valence-corrected chi connectivity index (χ1v) is 10.2. The largest absolute Gasteiger partial charge is 0.454 e. The molecule has 2 aliphatic heterocycles. The Balaban J connectivity index is 1.66. The van der Waals surface area contributed by atoms with Gasteiger partial charge >= 0.3 is 0 Å². The van der Waals surface area contributed by atoms with Crippen molar-refractivity contribution in [2.75, 3.05) is 12.1 Å². The Labute approximate surface area is 174 Å². The molecule has 3 aliphatic rings. The van der Waals surface area contributed by atoms with Gasteiger partial charge in [-0.2, -0.15) is 0 Å². The molecule has 0 amide bonds. The minimum absolute atomic E-state index is 0.0566. The molecule has 0 spiro atoms. The van der Waals surface area contributed by atoms with Gasteiger partial charge in [0.05, 0.1) is 26.8 Å². The molecule has 0 unspecified atom stereocenters. The van der Waals surface area contributed by atoms with Crippen molar-refractivity contribution in [1.29, 1.82) is 0 Å². The van der Waals surface area contributed by atoms with Gasteiger partial charge in [0.2, 0.25) is 6.79 Å². The number of rotatable bonds is 1. The first-order valence-electron chi connectivity index (χ1n) is 8.24. The van der Waals surface area contributed by atoms with E-state index in [9.17, 15) is 0 Å². The quantitative estimate of drug-likeness (QED) is 0.359. The molecule has 0 radical (unpaired) electrons. The summed E-state index contributed by atoms with van der Waals surface area (Å²) in [6, 6.07) is 5.75. The van der Waals surface area contributed by atoms with Gasteiger partial charge in [-0.1, -0.05) is 62.9 Å². The molecule has 0 fully saturated rings. The molecule has 5 rings (SSSR count). The number of hydrogen-bond acceptors (Lipinski definition) is 3. The van der Waals surface area contributed by atoms with Gasteiger partial charge in [-0.05, 0) is 36.1 Å². The first kappa shape index (κ1) is 17.1. The smallest absolute Gasteiger partial charge is 0.231 e. The predicted octanol–water partition coefficient (Wildman–Crippen LogP) is 6.96. The molecule has 1 aliphatic carbocycles. The van der Waals surface area contributed by atoms with Gasteiger partial charge in [-0.3, -0.25) is 0 Å². The summed E-state index contributed by atoms with van der Waals surface area (Å²) < 4.78 is 12.0. The number of ether oxygens (including phenoxy) is 2. The van der Waals surface area contributed by atoms with E-state index in [2.05, 4.69) is 33.4 Å². The SMILES string of the molecule is Clc1cc(Cl)c2c(c1Cl)[C@@H]1C=CC[C@@H]1[C@H](c1cc3c(cc1Br)OCO3)N2. The second kappa shape index (κ2) is 6.23. The van der Waals surface area contributed by atoms with Crippen LogP contribution in [0.3, 0.4) is 0 Å². The van der Waals surface area contributed by atoms with Crippen molar-refractivity contribution in [1.82, 2.24) is 0 Å².